The lowest BCUT2D eigenvalue weighted by molar-refractivity contribution is 0.714. The second-order valence-corrected chi connectivity index (χ2v) is 3.48. The van der Waals surface area contributed by atoms with Gasteiger partial charge in [-0.3, -0.25) is 4.79 Å². The Balaban J connectivity index is 2.75. The summed E-state index contributed by atoms with van der Waals surface area (Å²) in [6.45, 7) is 4.18. The van der Waals surface area contributed by atoms with Crippen molar-refractivity contribution in [3.63, 3.8) is 0 Å². The van der Waals surface area contributed by atoms with Gasteiger partial charge in [0.15, 0.2) is 5.52 Å². The van der Waals surface area contributed by atoms with Crippen molar-refractivity contribution in [1.82, 2.24) is 19.3 Å². The Labute approximate surface area is 92.7 Å². The molecular formula is C11H12N4O. The van der Waals surface area contributed by atoms with E-state index in [4.69, 9.17) is 0 Å². The highest BCUT2D eigenvalue weighted by molar-refractivity contribution is 5.73. The molecule has 0 spiro atoms. The molecule has 82 valence electrons. The summed E-state index contributed by atoms with van der Waals surface area (Å²) < 4.78 is 3.17. The first-order chi connectivity index (χ1) is 7.65. The van der Waals surface area contributed by atoms with Gasteiger partial charge in [0.2, 0.25) is 0 Å². The van der Waals surface area contributed by atoms with Gasteiger partial charge in [-0.2, -0.15) is 5.10 Å². The topological polar surface area (TPSA) is 52.7 Å². The molecule has 2 aromatic rings. The SMILES string of the molecule is CC#CCn1c(C)nc2c(=O)n(C)ncc21. The van der Waals surface area contributed by atoms with Crippen molar-refractivity contribution in [2.75, 3.05) is 0 Å². The summed E-state index contributed by atoms with van der Waals surface area (Å²) in [5.41, 5.74) is 1.01. The maximum atomic E-state index is 11.8. The summed E-state index contributed by atoms with van der Waals surface area (Å²) in [7, 11) is 1.61. The molecule has 5 nitrogen and oxygen atoms in total. The van der Waals surface area contributed by atoms with E-state index < -0.39 is 0 Å². The van der Waals surface area contributed by atoms with E-state index in [-0.39, 0.29) is 5.56 Å². The van der Waals surface area contributed by atoms with Gasteiger partial charge in [-0.1, -0.05) is 5.92 Å². The quantitative estimate of drug-likeness (QED) is 0.651. The van der Waals surface area contributed by atoms with Gasteiger partial charge in [0.25, 0.3) is 5.56 Å². The largest absolute Gasteiger partial charge is 0.315 e. The molecule has 16 heavy (non-hydrogen) atoms. The lowest BCUT2D eigenvalue weighted by Crippen LogP contribution is -2.19. The van der Waals surface area contributed by atoms with E-state index in [9.17, 15) is 4.79 Å². The van der Waals surface area contributed by atoms with Crippen molar-refractivity contribution in [2.45, 2.75) is 20.4 Å². The van der Waals surface area contributed by atoms with E-state index in [0.29, 0.717) is 12.1 Å². The lowest BCUT2D eigenvalue weighted by atomic mass is 10.4. The van der Waals surface area contributed by atoms with E-state index in [2.05, 4.69) is 21.9 Å². The predicted molar refractivity (Wildman–Crippen MR) is 61.0 cm³/mol. The first-order valence-electron chi connectivity index (χ1n) is 4.94. The number of imidazole rings is 1. The zero-order valence-corrected chi connectivity index (χ0v) is 9.48. The minimum atomic E-state index is -0.177. The Morgan fingerprint density at radius 2 is 2.25 bits per heavy atom. The Morgan fingerprint density at radius 3 is 2.94 bits per heavy atom. The van der Waals surface area contributed by atoms with Crippen LogP contribution >= 0.6 is 0 Å². The van der Waals surface area contributed by atoms with E-state index in [1.807, 2.05) is 11.5 Å². The van der Waals surface area contributed by atoms with Crippen LogP contribution in [0.5, 0.6) is 0 Å². The van der Waals surface area contributed by atoms with Gasteiger partial charge in [-0.15, -0.1) is 5.92 Å². The molecule has 2 heterocycles. The number of fused-ring (bicyclic) bond motifs is 1. The predicted octanol–water partition coefficient (Wildman–Crippen LogP) is 0.462. The summed E-state index contributed by atoms with van der Waals surface area (Å²) in [4.78, 5) is 16.0. The molecule has 0 fully saturated rings. The number of aryl methyl sites for hydroxylation is 2. The molecule has 0 saturated carbocycles. The van der Waals surface area contributed by atoms with Crippen molar-refractivity contribution < 1.29 is 0 Å². The molecule has 2 aromatic heterocycles. The van der Waals surface area contributed by atoms with Crippen LogP contribution in [0, 0.1) is 18.8 Å². The van der Waals surface area contributed by atoms with Crippen molar-refractivity contribution in [3.05, 3.63) is 22.4 Å². The molecule has 0 bridgehead atoms. The van der Waals surface area contributed by atoms with Crippen LogP contribution in [0.15, 0.2) is 11.0 Å². The van der Waals surface area contributed by atoms with Crippen LogP contribution < -0.4 is 5.56 Å². The van der Waals surface area contributed by atoms with Crippen LogP contribution in [0.25, 0.3) is 11.0 Å². The molecule has 2 rings (SSSR count). The fraction of sp³-hybridized carbons (Fsp3) is 0.364. The van der Waals surface area contributed by atoms with Gasteiger partial charge in [-0.05, 0) is 13.8 Å². The molecule has 5 heteroatoms. The Bertz CT molecular complexity index is 654. The standard InChI is InChI=1S/C11H12N4O/c1-4-5-6-15-8(2)13-10-9(15)7-12-14(3)11(10)16/h7H,6H2,1-3H3. The van der Waals surface area contributed by atoms with E-state index in [1.165, 1.54) is 4.68 Å². The normalized spacial score (nSPS) is 10.2. The van der Waals surface area contributed by atoms with Crippen LogP contribution in [-0.4, -0.2) is 19.3 Å². The minimum Gasteiger partial charge on any atom is -0.315 e. The van der Waals surface area contributed by atoms with Crippen LogP contribution in [0.4, 0.5) is 0 Å². The average Bonchev–Trinajstić information content (AvgIpc) is 2.58. The molecule has 0 amide bonds. The second-order valence-electron chi connectivity index (χ2n) is 3.48. The van der Waals surface area contributed by atoms with Gasteiger partial charge in [0, 0.05) is 7.05 Å². The zero-order chi connectivity index (χ0) is 11.7. The molecule has 0 N–H and O–H groups in total. The average molecular weight is 216 g/mol. The number of hydrogen-bond acceptors (Lipinski definition) is 3. The first kappa shape index (κ1) is 10.4. The maximum Gasteiger partial charge on any atom is 0.294 e. The van der Waals surface area contributed by atoms with Crippen molar-refractivity contribution in [3.8, 4) is 11.8 Å². The van der Waals surface area contributed by atoms with Gasteiger partial charge >= 0.3 is 0 Å². The third-order valence-corrected chi connectivity index (χ3v) is 2.46. The van der Waals surface area contributed by atoms with Gasteiger partial charge in [0.05, 0.1) is 18.3 Å². The molecule has 0 aliphatic rings. The van der Waals surface area contributed by atoms with E-state index in [0.717, 1.165) is 11.3 Å². The maximum absolute atomic E-state index is 11.8. The third kappa shape index (κ3) is 1.48. The monoisotopic (exact) mass is 216 g/mol. The van der Waals surface area contributed by atoms with Crippen LogP contribution in [0.3, 0.4) is 0 Å². The summed E-state index contributed by atoms with van der Waals surface area (Å²) in [6.07, 6.45) is 1.65. The summed E-state index contributed by atoms with van der Waals surface area (Å²) in [6, 6.07) is 0. The summed E-state index contributed by atoms with van der Waals surface area (Å²) in [5, 5.41) is 3.98. The summed E-state index contributed by atoms with van der Waals surface area (Å²) >= 11 is 0. The lowest BCUT2D eigenvalue weighted by Gasteiger charge is -2.00. The fourth-order valence-corrected chi connectivity index (χ4v) is 1.57. The number of aromatic nitrogens is 4. The van der Waals surface area contributed by atoms with Gasteiger partial charge < -0.3 is 4.57 Å². The minimum absolute atomic E-state index is 0.177. The Morgan fingerprint density at radius 1 is 1.50 bits per heavy atom. The molecule has 0 radical (unpaired) electrons. The smallest absolute Gasteiger partial charge is 0.294 e. The highest BCUT2D eigenvalue weighted by atomic mass is 16.1. The number of rotatable bonds is 1. The fourth-order valence-electron chi connectivity index (χ4n) is 1.57. The van der Waals surface area contributed by atoms with Crippen LogP contribution in [-0.2, 0) is 13.6 Å². The van der Waals surface area contributed by atoms with Gasteiger partial charge in [0.1, 0.15) is 5.82 Å². The summed E-state index contributed by atoms with van der Waals surface area (Å²) in [5.74, 6) is 6.56. The van der Waals surface area contributed by atoms with Crippen LogP contribution in [0.2, 0.25) is 0 Å². The van der Waals surface area contributed by atoms with Gasteiger partial charge in [-0.25, -0.2) is 9.67 Å². The number of nitrogens with zero attached hydrogens (tertiary/aromatic N) is 4. The number of hydrogen-bond donors (Lipinski definition) is 0. The van der Waals surface area contributed by atoms with Crippen molar-refractivity contribution in [2.24, 2.45) is 7.05 Å². The molecule has 0 aliphatic heterocycles. The molecule has 0 aromatic carbocycles. The molecule has 0 aliphatic carbocycles. The highest BCUT2D eigenvalue weighted by Crippen LogP contribution is 2.10. The Hall–Kier alpha value is -2.09. The molecular weight excluding hydrogens is 204 g/mol. The Kier molecular flexibility index (Phi) is 2.49. The van der Waals surface area contributed by atoms with Crippen LogP contribution in [0.1, 0.15) is 12.7 Å². The van der Waals surface area contributed by atoms with Crippen molar-refractivity contribution in [1.29, 1.82) is 0 Å². The van der Waals surface area contributed by atoms with E-state index >= 15 is 0 Å². The third-order valence-electron chi connectivity index (χ3n) is 2.46. The zero-order valence-electron chi connectivity index (χ0n) is 9.48. The molecule has 0 unspecified atom stereocenters. The highest BCUT2D eigenvalue weighted by Gasteiger charge is 2.10. The van der Waals surface area contributed by atoms with E-state index in [1.54, 1.807) is 20.2 Å². The van der Waals surface area contributed by atoms with Crippen molar-refractivity contribution >= 4 is 11.0 Å². The molecule has 0 atom stereocenters. The second kappa shape index (κ2) is 3.81. The molecule has 0 saturated heterocycles. The first-order valence-corrected chi connectivity index (χ1v) is 4.94.